The minimum Gasteiger partial charge on any atom is -0.310 e. The third-order valence-electron chi connectivity index (χ3n) is 2.94. The lowest BCUT2D eigenvalue weighted by molar-refractivity contribution is 0.515. The van der Waals surface area contributed by atoms with E-state index in [1.165, 1.54) is 15.6 Å². The third kappa shape index (κ3) is 3.64. The number of hydrogen-bond acceptors (Lipinski definition) is 3. The van der Waals surface area contributed by atoms with Gasteiger partial charge in [-0.1, -0.05) is 6.92 Å². The van der Waals surface area contributed by atoms with Gasteiger partial charge >= 0.3 is 0 Å². The van der Waals surface area contributed by atoms with Crippen molar-refractivity contribution < 1.29 is 0 Å². The maximum Gasteiger partial charge on any atom is 0.0342 e. The van der Waals surface area contributed by atoms with Crippen LogP contribution in [0.5, 0.6) is 0 Å². The summed E-state index contributed by atoms with van der Waals surface area (Å²) in [6.45, 7) is 3.14. The molecule has 0 aliphatic rings. The number of aryl methyl sites for hydroxylation is 1. The van der Waals surface area contributed by atoms with Crippen LogP contribution in [0.3, 0.4) is 0 Å². The molecule has 0 amide bonds. The number of nitrogens with zero attached hydrogens (tertiary/aromatic N) is 1. The van der Waals surface area contributed by atoms with Crippen LogP contribution in [0.2, 0.25) is 0 Å². The van der Waals surface area contributed by atoms with Crippen molar-refractivity contribution in [2.75, 3.05) is 6.54 Å². The Balaban J connectivity index is 2.01. The first-order chi connectivity index (χ1) is 8.81. The van der Waals surface area contributed by atoms with E-state index in [9.17, 15) is 0 Å². The Kier molecular flexibility index (Phi) is 5.35. The Morgan fingerprint density at radius 3 is 2.72 bits per heavy atom. The Morgan fingerprint density at radius 1 is 1.33 bits per heavy atom. The van der Waals surface area contributed by atoms with Crippen molar-refractivity contribution in [3.63, 3.8) is 0 Å². The number of aromatic nitrogens is 1. The summed E-state index contributed by atoms with van der Waals surface area (Å²) in [7, 11) is 0. The van der Waals surface area contributed by atoms with Crippen LogP contribution in [-0.2, 0) is 6.42 Å². The molecule has 18 heavy (non-hydrogen) atoms. The normalized spacial score (nSPS) is 12.6. The molecule has 0 saturated heterocycles. The SMILES string of the molecule is CCNC(CCc1ccncc1)c1cscc1Br. The van der Waals surface area contributed by atoms with Gasteiger partial charge in [0.05, 0.1) is 0 Å². The van der Waals surface area contributed by atoms with Crippen LogP contribution in [-0.4, -0.2) is 11.5 Å². The zero-order valence-electron chi connectivity index (χ0n) is 10.4. The number of nitrogens with one attached hydrogen (secondary N) is 1. The lowest BCUT2D eigenvalue weighted by Gasteiger charge is -2.17. The molecule has 2 aromatic rings. The molecule has 0 aliphatic heterocycles. The average Bonchev–Trinajstić information content (AvgIpc) is 2.82. The molecule has 1 unspecified atom stereocenters. The summed E-state index contributed by atoms with van der Waals surface area (Å²) in [6, 6.07) is 4.60. The summed E-state index contributed by atoms with van der Waals surface area (Å²) in [5.41, 5.74) is 2.72. The highest BCUT2D eigenvalue weighted by atomic mass is 79.9. The van der Waals surface area contributed by atoms with Crippen molar-refractivity contribution in [3.8, 4) is 0 Å². The third-order valence-corrected chi connectivity index (χ3v) is 4.69. The molecule has 1 atom stereocenters. The molecule has 2 nitrogen and oxygen atoms in total. The van der Waals surface area contributed by atoms with Crippen LogP contribution in [0.25, 0.3) is 0 Å². The fourth-order valence-electron chi connectivity index (χ4n) is 2.01. The van der Waals surface area contributed by atoms with Gasteiger partial charge in [0.1, 0.15) is 0 Å². The Morgan fingerprint density at radius 2 is 2.11 bits per heavy atom. The molecule has 0 spiro atoms. The smallest absolute Gasteiger partial charge is 0.0342 e. The fourth-order valence-corrected chi connectivity index (χ4v) is 3.64. The van der Waals surface area contributed by atoms with Crippen molar-refractivity contribution in [1.29, 1.82) is 0 Å². The highest BCUT2D eigenvalue weighted by Crippen LogP contribution is 2.29. The molecule has 96 valence electrons. The van der Waals surface area contributed by atoms with E-state index in [4.69, 9.17) is 0 Å². The maximum absolute atomic E-state index is 4.05. The summed E-state index contributed by atoms with van der Waals surface area (Å²) >= 11 is 5.37. The number of rotatable bonds is 6. The average molecular weight is 325 g/mol. The van der Waals surface area contributed by atoms with Gasteiger partial charge < -0.3 is 5.32 Å². The highest BCUT2D eigenvalue weighted by Gasteiger charge is 2.14. The van der Waals surface area contributed by atoms with Gasteiger partial charge in [0, 0.05) is 28.3 Å². The Bertz CT molecular complexity index is 470. The van der Waals surface area contributed by atoms with E-state index in [2.05, 4.69) is 56.0 Å². The number of thiophene rings is 1. The van der Waals surface area contributed by atoms with Crippen LogP contribution < -0.4 is 5.32 Å². The first kappa shape index (κ1) is 13.7. The van der Waals surface area contributed by atoms with Gasteiger partial charge in [0.2, 0.25) is 0 Å². The number of pyridine rings is 1. The van der Waals surface area contributed by atoms with Gasteiger partial charge in [-0.25, -0.2) is 0 Å². The molecule has 0 bridgehead atoms. The van der Waals surface area contributed by atoms with Gasteiger partial charge in [0.15, 0.2) is 0 Å². The summed E-state index contributed by atoms with van der Waals surface area (Å²) in [5.74, 6) is 0. The molecule has 1 N–H and O–H groups in total. The van der Waals surface area contributed by atoms with E-state index in [1.807, 2.05) is 12.4 Å². The quantitative estimate of drug-likeness (QED) is 0.861. The zero-order valence-corrected chi connectivity index (χ0v) is 12.8. The van der Waals surface area contributed by atoms with Crippen molar-refractivity contribution in [3.05, 3.63) is 50.9 Å². The molecule has 4 heteroatoms. The van der Waals surface area contributed by atoms with Crippen molar-refractivity contribution in [2.24, 2.45) is 0 Å². The molecule has 0 radical (unpaired) electrons. The molecule has 0 aliphatic carbocycles. The van der Waals surface area contributed by atoms with Gasteiger partial charge in [-0.2, -0.15) is 11.3 Å². The zero-order chi connectivity index (χ0) is 12.8. The second-order valence-corrected chi connectivity index (χ2v) is 5.78. The molecule has 2 rings (SSSR count). The van der Waals surface area contributed by atoms with Crippen LogP contribution >= 0.6 is 27.3 Å². The summed E-state index contributed by atoms with van der Waals surface area (Å²) in [5, 5.41) is 7.93. The minimum absolute atomic E-state index is 0.420. The van der Waals surface area contributed by atoms with E-state index in [1.54, 1.807) is 11.3 Å². The van der Waals surface area contributed by atoms with Crippen molar-refractivity contribution in [2.45, 2.75) is 25.8 Å². The predicted molar refractivity (Wildman–Crippen MR) is 81.0 cm³/mol. The van der Waals surface area contributed by atoms with E-state index >= 15 is 0 Å². The van der Waals surface area contributed by atoms with Crippen molar-refractivity contribution >= 4 is 27.3 Å². The lowest BCUT2D eigenvalue weighted by Crippen LogP contribution is -2.21. The standard InChI is InChI=1S/C14H17BrN2S/c1-2-17-14(12-9-18-10-13(12)15)4-3-11-5-7-16-8-6-11/h5-10,14,17H,2-4H2,1H3. The molecule has 0 fully saturated rings. The molecular weight excluding hydrogens is 308 g/mol. The summed E-state index contributed by atoms with van der Waals surface area (Å²) < 4.78 is 1.22. The number of halogens is 1. The summed E-state index contributed by atoms with van der Waals surface area (Å²) in [6.07, 6.45) is 5.89. The lowest BCUT2D eigenvalue weighted by atomic mass is 10.0. The molecule has 0 aromatic carbocycles. The van der Waals surface area contributed by atoms with Gasteiger partial charge in [-0.05, 0) is 64.0 Å². The first-order valence-corrected chi connectivity index (χ1v) is 7.88. The van der Waals surface area contributed by atoms with E-state index in [0.717, 1.165) is 19.4 Å². The monoisotopic (exact) mass is 324 g/mol. The molecule has 2 heterocycles. The molecule has 2 aromatic heterocycles. The van der Waals surface area contributed by atoms with Crippen LogP contribution in [0.4, 0.5) is 0 Å². The van der Waals surface area contributed by atoms with Gasteiger partial charge in [-0.15, -0.1) is 0 Å². The maximum atomic E-state index is 4.05. The van der Waals surface area contributed by atoms with Crippen LogP contribution in [0, 0.1) is 0 Å². The van der Waals surface area contributed by atoms with Gasteiger partial charge in [0.25, 0.3) is 0 Å². The summed E-state index contributed by atoms with van der Waals surface area (Å²) in [4.78, 5) is 4.05. The highest BCUT2D eigenvalue weighted by molar-refractivity contribution is 9.10. The van der Waals surface area contributed by atoms with E-state index < -0.39 is 0 Å². The molecule has 0 saturated carbocycles. The Hall–Kier alpha value is -0.710. The van der Waals surface area contributed by atoms with Crippen LogP contribution in [0.1, 0.15) is 30.5 Å². The first-order valence-electron chi connectivity index (χ1n) is 6.15. The molecular formula is C14H17BrN2S. The topological polar surface area (TPSA) is 24.9 Å². The van der Waals surface area contributed by atoms with Crippen LogP contribution in [0.15, 0.2) is 39.8 Å². The fraction of sp³-hybridized carbons (Fsp3) is 0.357. The number of hydrogen-bond donors (Lipinski definition) is 1. The minimum atomic E-state index is 0.420. The van der Waals surface area contributed by atoms with Crippen molar-refractivity contribution in [1.82, 2.24) is 10.3 Å². The Labute approximate surface area is 121 Å². The van der Waals surface area contributed by atoms with E-state index in [-0.39, 0.29) is 0 Å². The largest absolute Gasteiger partial charge is 0.310 e. The van der Waals surface area contributed by atoms with Gasteiger partial charge in [-0.3, -0.25) is 4.98 Å². The van der Waals surface area contributed by atoms with E-state index in [0.29, 0.717) is 6.04 Å². The predicted octanol–water partition coefficient (Wildman–Crippen LogP) is 4.19. The second kappa shape index (κ2) is 7.02. The second-order valence-electron chi connectivity index (χ2n) is 4.18.